The van der Waals surface area contributed by atoms with Crippen molar-refractivity contribution < 1.29 is 19.6 Å². The second-order valence-electron chi connectivity index (χ2n) is 3.67. The Kier molecular flexibility index (Phi) is 4.87. The largest absolute Gasteiger partial charge is 0.480 e. The Morgan fingerprint density at radius 3 is 2.58 bits per heavy atom. The Bertz CT molecular complexity index is 532. The van der Waals surface area contributed by atoms with Crippen LogP contribution in [0.4, 0.5) is 5.69 Å². The van der Waals surface area contributed by atoms with Crippen molar-refractivity contribution in [1.82, 2.24) is 5.32 Å². The molecule has 7 nitrogen and oxygen atoms in total. The highest BCUT2D eigenvalue weighted by Crippen LogP contribution is 2.24. The topological polar surface area (TPSA) is 110 Å². The zero-order valence-electron chi connectivity index (χ0n) is 10.2. The first-order valence-corrected chi connectivity index (χ1v) is 6.45. The Balaban J connectivity index is 3.12. The minimum Gasteiger partial charge on any atom is -0.480 e. The number of carbonyl (C=O) groups excluding carboxylic acids is 1. The highest BCUT2D eigenvalue weighted by Gasteiger charge is 2.23. The lowest BCUT2D eigenvalue weighted by Crippen LogP contribution is -2.38. The lowest BCUT2D eigenvalue weighted by molar-refractivity contribution is -0.385. The standard InChI is InChI=1S/C11H12N2O5S/c1-6(11(15)16)12-10(14)8-5-7(19-2)3-4-9(8)13(17)18/h3-6H,1-2H3,(H,12,14)(H,15,16)/t6-/m1/s1. The van der Waals surface area contributed by atoms with Crippen molar-refractivity contribution in [2.75, 3.05) is 6.26 Å². The van der Waals surface area contributed by atoms with Crippen LogP contribution in [0.2, 0.25) is 0 Å². The first-order valence-electron chi connectivity index (χ1n) is 5.23. The predicted molar refractivity (Wildman–Crippen MR) is 69.4 cm³/mol. The molecule has 0 radical (unpaired) electrons. The number of hydrogen-bond acceptors (Lipinski definition) is 5. The van der Waals surface area contributed by atoms with Crippen molar-refractivity contribution in [2.45, 2.75) is 17.9 Å². The van der Waals surface area contributed by atoms with Gasteiger partial charge in [-0.25, -0.2) is 0 Å². The Hall–Kier alpha value is -2.09. The van der Waals surface area contributed by atoms with E-state index in [0.717, 1.165) is 0 Å². The van der Waals surface area contributed by atoms with Crippen LogP contribution in [0.1, 0.15) is 17.3 Å². The number of amides is 1. The molecule has 1 rings (SSSR count). The van der Waals surface area contributed by atoms with E-state index >= 15 is 0 Å². The molecule has 8 heteroatoms. The van der Waals surface area contributed by atoms with Crippen molar-refractivity contribution in [3.05, 3.63) is 33.9 Å². The van der Waals surface area contributed by atoms with Gasteiger partial charge in [-0.2, -0.15) is 0 Å². The van der Waals surface area contributed by atoms with Gasteiger partial charge < -0.3 is 10.4 Å². The number of thioether (sulfide) groups is 1. The number of rotatable bonds is 5. The van der Waals surface area contributed by atoms with Gasteiger partial charge in [0.25, 0.3) is 11.6 Å². The molecule has 0 unspecified atom stereocenters. The average molecular weight is 284 g/mol. The first kappa shape index (κ1) is 15.0. The zero-order valence-corrected chi connectivity index (χ0v) is 11.1. The van der Waals surface area contributed by atoms with E-state index in [9.17, 15) is 19.7 Å². The summed E-state index contributed by atoms with van der Waals surface area (Å²) in [6.45, 7) is 1.28. The van der Waals surface area contributed by atoms with Gasteiger partial charge in [0.15, 0.2) is 0 Å². The maximum atomic E-state index is 11.9. The van der Waals surface area contributed by atoms with Gasteiger partial charge in [0, 0.05) is 11.0 Å². The molecule has 0 fully saturated rings. The van der Waals surface area contributed by atoms with Crippen LogP contribution in [-0.4, -0.2) is 34.2 Å². The molecule has 0 saturated carbocycles. The summed E-state index contributed by atoms with van der Waals surface area (Å²) in [5, 5.41) is 21.7. The van der Waals surface area contributed by atoms with Crippen LogP contribution in [-0.2, 0) is 4.79 Å². The summed E-state index contributed by atoms with van der Waals surface area (Å²) in [7, 11) is 0. The summed E-state index contributed by atoms with van der Waals surface area (Å²) >= 11 is 1.33. The molecule has 0 aliphatic rings. The lowest BCUT2D eigenvalue weighted by Gasteiger charge is -2.10. The first-order chi connectivity index (χ1) is 8.86. The predicted octanol–water partition coefficient (Wildman–Crippen LogP) is 1.52. The van der Waals surface area contributed by atoms with Gasteiger partial charge in [0.2, 0.25) is 0 Å². The van der Waals surface area contributed by atoms with E-state index in [-0.39, 0.29) is 11.3 Å². The van der Waals surface area contributed by atoms with Crippen molar-refractivity contribution in [3.8, 4) is 0 Å². The smallest absolute Gasteiger partial charge is 0.325 e. The van der Waals surface area contributed by atoms with Gasteiger partial charge >= 0.3 is 5.97 Å². The van der Waals surface area contributed by atoms with Crippen molar-refractivity contribution in [3.63, 3.8) is 0 Å². The van der Waals surface area contributed by atoms with Crippen LogP contribution in [0.5, 0.6) is 0 Å². The number of aliphatic carboxylic acids is 1. The number of carboxylic acid groups (broad SMARTS) is 1. The summed E-state index contributed by atoms with van der Waals surface area (Å²) < 4.78 is 0. The fourth-order valence-electron chi connectivity index (χ4n) is 1.32. The van der Waals surface area contributed by atoms with E-state index in [1.165, 1.54) is 36.9 Å². The molecule has 1 atom stereocenters. The van der Waals surface area contributed by atoms with Crippen LogP contribution in [0.25, 0.3) is 0 Å². The average Bonchev–Trinajstić information content (AvgIpc) is 2.37. The van der Waals surface area contributed by atoms with E-state index in [4.69, 9.17) is 5.11 Å². The number of nitrogens with one attached hydrogen (secondary N) is 1. The van der Waals surface area contributed by atoms with Gasteiger partial charge in [0.1, 0.15) is 11.6 Å². The highest BCUT2D eigenvalue weighted by atomic mass is 32.2. The van der Waals surface area contributed by atoms with E-state index in [0.29, 0.717) is 4.90 Å². The molecule has 0 heterocycles. The number of nitrogens with zero attached hydrogens (tertiary/aromatic N) is 1. The molecular weight excluding hydrogens is 272 g/mol. The molecule has 2 N–H and O–H groups in total. The molecule has 0 saturated heterocycles. The number of benzene rings is 1. The number of carbonyl (C=O) groups is 2. The SMILES string of the molecule is CSc1ccc([N+](=O)[O-])c(C(=O)N[C@H](C)C(=O)O)c1. The molecule has 19 heavy (non-hydrogen) atoms. The Morgan fingerprint density at radius 1 is 1.47 bits per heavy atom. The molecule has 0 spiro atoms. The molecule has 1 aromatic rings. The van der Waals surface area contributed by atoms with Crippen LogP contribution in [0.3, 0.4) is 0 Å². The lowest BCUT2D eigenvalue weighted by atomic mass is 10.1. The van der Waals surface area contributed by atoms with Crippen LogP contribution < -0.4 is 5.32 Å². The quantitative estimate of drug-likeness (QED) is 0.482. The molecule has 0 aliphatic carbocycles. The van der Waals surface area contributed by atoms with Gasteiger partial charge in [-0.05, 0) is 25.3 Å². The fraction of sp³-hybridized carbons (Fsp3) is 0.273. The van der Waals surface area contributed by atoms with E-state index in [2.05, 4.69) is 5.32 Å². The maximum absolute atomic E-state index is 11.9. The van der Waals surface area contributed by atoms with Crippen LogP contribution >= 0.6 is 11.8 Å². The second-order valence-corrected chi connectivity index (χ2v) is 4.55. The van der Waals surface area contributed by atoms with Gasteiger partial charge in [-0.1, -0.05) is 0 Å². The summed E-state index contributed by atoms with van der Waals surface area (Å²) in [5.74, 6) is -1.99. The van der Waals surface area contributed by atoms with Crippen LogP contribution in [0.15, 0.2) is 23.1 Å². The number of nitro groups is 1. The van der Waals surface area contributed by atoms with Gasteiger partial charge in [-0.15, -0.1) is 11.8 Å². The third kappa shape index (κ3) is 3.68. The summed E-state index contributed by atoms with van der Waals surface area (Å²) in [4.78, 5) is 33.4. The van der Waals surface area contributed by atoms with Crippen molar-refractivity contribution in [2.24, 2.45) is 0 Å². The normalized spacial score (nSPS) is 11.7. The molecule has 1 aromatic carbocycles. The monoisotopic (exact) mass is 284 g/mol. The van der Waals surface area contributed by atoms with E-state index < -0.39 is 22.8 Å². The molecule has 0 aliphatic heterocycles. The minimum absolute atomic E-state index is 0.148. The number of carboxylic acids is 1. The van der Waals surface area contributed by atoms with Crippen molar-refractivity contribution in [1.29, 1.82) is 0 Å². The third-order valence-corrected chi connectivity index (χ3v) is 3.09. The third-order valence-electron chi connectivity index (χ3n) is 2.36. The molecule has 1 amide bonds. The fourth-order valence-corrected chi connectivity index (χ4v) is 1.76. The molecule has 0 bridgehead atoms. The zero-order chi connectivity index (χ0) is 14.6. The molecule has 0 aromatic heterocycles. The minimum atomic E-state index is -1.21. The van der Waals surface area contributed by atoms with Crippen molar-refractivity contribution >= 4 is 29.3 Å². The van der Waals surface area contributed by atoms with E-state index in [1.54, 1.807) is 6.26 Å². The maximum Gasteiger partial charge on any atom is 0.325 e. The highest BCUT2D eigenvalue weighted by molar-refractivity contribution is 7.98. The van der Waals surface area contributed by atoms with Crippen LogP contribution in [0, 0.1) is 10.1 Å². The second kappa shape index (κ2) is 6.19. The number of nitro benzene ring substituents is 1. The summed E-state index contributed by atoms with van der Waals surface area (Å²) in [6, 6.07) is 3.00. The summed E-state index contributed by atoms with van der Waals surface area (Å²) in [6.07, 6.45) is 1.77. The summed E-state index contributed by atoms with van der Waals surface area (Å²) in [5.41, 5.74) is -0.502. The molecule has 102 valence electrons. The molecular formula is C11H12N2O5S. The van der Waals surface area contributed by atoms with E-state index in [1.807, 2.05) is 0 Å². The van der Waals surface area contributed by atoms with Gasteiger partial charge in [-0.3, -0.25) is 19.7 Å². The number of hydrogen-bond donors (Lipinski definition) is 2. The van der Waals surface area contributed by atoms with Gasteiger partial charge in [0.05, 0.1) is 4.92 Å². The Labute approximate surface area is 113 Å². The Morgan fingerprint density at radius 2 is 2.11 bits per heavy atom.